The van der Waals surface area contributed by atoms with Crippen LogP contribution in [0.1, 0.15) is 47.0 Å². The van der Waals surface area contributed by atoms with E-state index in [1.165, 1.54) is 13.3 Å². The Morgan fingerprint density at radius 3 is 2.46 bits per heavy atom. The number of nitrogens with one attached hydrogen (secondary N) is 2. The molecule has 3 heterocycles. The zero-order valence-corrected chi connectivity index (χ0v) is 15.4. The van der Waals surface area contributed by atoms with Gasteiger partial charge in [-0.2, -0.15) is 0 Å². The molecule has 0 aliphatic carbocycles. The van der Waals surface area contributed by atoms with Gasteiger partial charge in [0, 0.05) is 46.6 Å². The minimum Gasteiger partial charge on any atom is -0.348 e. The van der Waals surface area contributed by atoms with E-state index in [2.05, 4.69) is 15.6 Å². The molecule has 2 N–H and O–H groups in total. The second-order valence-electron chi connectivity index (χ2n) is 6.92. The van der Waals surface area contributed by atoms with Gasteiger partial charge in [-0.05, 0) is 55.7 Å². The minimum atomic E-state index is -0.0393. The molecule has 1 aromatic heterocycles. The van der Waals surface area contributed by atoms with Crippen molar-refractivity contribution in [3.05, 3.63) is 53.9 Å². The van der Waals surface area contributed by atoms with Crippen LogP contribution in [0.2, 0.25) is 0 Å². The van der Waals surface area contributed by atoms with Crippen molar-refractivity contribution in [2.45, 2.75) is 54.1 Å². The summed E-state index contributed by atoms with van der Waals surface area (Å²) in [6.45, 7) is 1.51. The predicted octanol–water partition coefficient (Wildman–Crippen LogP) is 3.06. The van der Waals surface area contributed by atoms with Gasteiger partial charge in [0.2, 0.25) is 0 Å². The molecule has 5 nitrogen and oxygen atoms in total. The number of hydrogen-bond acceptors (Lipinski definition) is 5. The van der Waals surface area contributed by atoms with E-state index in [9.17, 15) is 9.59 Å². The summed E-state index contributed by atoms with van der Waals surface area (Å²) < 4.78 is 0. The van der Waals surface area contributed by atoms with Crippen LogP contribution in [0, 0.1) is 0 Å². The number of Topliss-reactive ketones (excluding diaryl/α,β-unsaturated/α-hetero) is 1. The Bertz CT molecular complexity index is 820. The average Bonchev–Trinajstić information content (AvgIpc) is 3.26. The Balaban J connectivity index is 1.37. The van der Waals surface area contributed by atoms with Gasteiger partial charge in [0.05, 0.1) is 0 Å². The number of amides is 1. The molecule has 2 aliphatic heterocycles. The van der Waals surface area contributed by atoms with E-state index in [-0.39, 0.29) is 17.7 Å². The highest BCUT2D eigenvalue weighted by atomic mass is 32.2. The first-order chi connectivity index (χ1) is 12.6. The highest BCUT2D eigenvalue weighted by Gasteiger charge is 2.39. The number of rotatable bonds is 5. The first-order valence-electron chi connectivity index (χ1n) is 8.90. The quantitative estimate of drug-likeness (QED) is 0.795. The van der Waals surface area contributed by atoms with Crippen molar-refractivity contribution in [3.8, 4) is 0 Å². The molecule has 3 unspecified atom stereocenters. The summed E-state index contributed by atoms with van der Waals surface area (Å²) in [7, 11) is 0. The normalized spacial score (nSPS) is 23.8. The van der Waals surface area contributed by atoms with Crippen molar-refractivity contribution < 1.29 is 9.59 Å². The molecule has 0 radical (unpaired) electrons. The zero-order valence-electron chi connectivity index (χ0n) is 14.6. The van der Waals surface area contributed by atoms with Gasteiger partial charge in [0.1, 0.15) is 5.69 Å². The molecule has 0 spiro atoms. The average molecular weight is 367 g/mol. The maximum absolute atomic E-state index is 12.5. The van der Waals surface area contributed by atoms with Crippen LogP contribution in [-0.4, -0.2) is 34.8 Å². The number of fused-ring (bicyclic) bond motifs is 2. The van der Waals surface area contributed by atoms with Gasteiger partial charge in [-0.25, -0.2) is 0 Å². The van der Waals surface area contributed by atoms with Crippen molar-refractivity contribution in [1.82, 2.24) is 15.6 Å². The number of nitrogens with zero attached hydrogens (tertiary/aromatic N) is 1. The van der Waals surface area contributed by atoms with Crippen LogP contribution in [0.4, 0.5) is 0 Å². The summed E-state index contributed by atoms with van der Waals surface area (Å²) in [4.78, 5) is 29.9. The fourth-order valence-corrected chi connectivity index (χ4v) is 4.48. The lowest BCUT2D eigenvalue weighted by Gasteiger charge is -2.21. The number of hydrogen-bond donors (Lipinski definition) is 2. The van der Waals surface area contributed by atoms with E-state index in [4.69, 9.17) is 0 Å². The number of pyridine rings is 1. The largest absolute Gasteiger partial charge is 0.348 e. The Morgan fingerprint density at radius 2 is 1.88 bits per heavy atom. The first kappa shape index (κ1) is 17.2. The van der Waals surface area contributed by atoms with E-state index >= 15 is 0 Å². The minimum absolute atomic E-state index is 0.00613. The van der Waals surface area contributed by atoms with Gasteiger partial charge in [0.15, 0.2) is 5.78 Å². The zero-order chi connectivity index (χ0) is 18.1. The molecule has 2 saturated heterocycles. The van der Waals surface area contributed by atoms with Crippen LogP contribution in [0.3, 0.4) is 0 Å². The number of ketones is 1. The van der Waals surface area contributed by atoms with E-state index in [1.807, 2.05) is 30.3 Å². The van der Waals surface area contributed by atoms with Gasteiger partial charge < -0.3 is 10.6 Å². The van der Waals surface area contributed by atoms with Crippen LogP contribution in [0.25, 0.3) is 0 Å². The molecule has 2 aliphatic rings. The third kappa shape index (κ3) is 3.66. The van der Waals surface area contributed by atoms with E-state index in [0.717, 1.165) is 22.6 Å². The molecule has 6 heteroatoms. The highest BCUT2D eigenvalue weighted by molar-refractivity contribution is 7.99. The second-order valence-corrected chi connectivity index (χ2v) is 8.07. The van der Waals surface area contributed by atoms with Crippen molar-refractivity contribution in [3.63, 3.8) is 0 Å². The van der Waals surface area contributed by atoms with Gasteiger partial charge in [-0.1, -0.05) is 11.8 Å². The van der Waals surface area contributed by atoms with Gasteiger partial charge in [0.25, 0.3) is 5.91 Å². The molecule has 134 valence electrons. The summed E-state index contributed by atoms with van der Waals surface area (Å²) in [5.41, 5.74) is 1.15. The van der Waals surface area contributed by atoms with Gasteiger partial charge in [-0.3, -0.25) is 14.6 Å². The Morgan fingerprint density at radius 1 is 1.12 bits per heavy atom. The van der Waals surface area contributed by atoms with E-state index in [0.29, 0.717) is 23.3 Å². The third-order valence-electron chi connectivity index (χ3n) is 5.07. The standard InChI is InChI=1S/C20H21N3O2S/c1-12(24)17-9-7-16(11-21-17)26-15-5-2-13(3-6-15)20(25)23-19-10-14-4-8-18(19)22-14/h2-3,5-7,9,11,14,18-19,22H,4,8,10H2,1H3,(H,23,25). The van der Waals surface area contributed by atoms with Crippen LogP contribution < -0.4 is 10.6 Å². The monoisotopic (exact) mass is 367 g/mol. The molecule has 2 bridgehead atoms. The summed E-state index contributed by atoms with van der Waals surface area (Å²) >= 11 is 1.56. The van der Waals surface area contributed by atoms with Crippen molar-refractivity contribution in [1.29, 1.82) is 0 Å². The van der Waals surface area contributed by atoms with Crippen LogP contribution >= 0.6 is 11.8 Å². The number of aromatic nitrogens is 1. The van der Waals surface area contributed by atoms with Crippen molar-refractivity contribution >= 4 is 23.5 Å². The lowest BCUT2D eigenvalue weighted by atomic mass is 9.95. The summed E-state index contributed by atoms with van der Waals surface area (Å²) in [6.07, 6.45) is 5.12. The Labute approximate surface area is 157 Å². The molecular weight excluding hydrogens is 346 g/mol. The Hall–Kier alpha value is -2.18. The van der Waals surface area contributed by atoms with Crippen LogP contribution in [-0.2, 0) is 0 Å². The van der Waals surface area contributed by atoms with Gasteiger partial charge in [-0.15, -0.1) is 0 Å². The van der Waals surface area contributed by atoms with Gasteiger partial charge >= 0.3 is 0 Å². The molecule has 26 heavy (non-hydrogen) atoms. The fraction of sp³-hybridized carbons (Fsp3) is 0.350. The molecule has 2 aromatic rings. The number of carbonyl (C=O) groups is 2. The number of benzene rings is 1. The molecule has 2 fully saturated rings. The highest BCUT2D eigenvalue weighted by Crippen LogP contribution is 2.29. The topological polar surface area (TPSA) is 71.1 Å². The first-order valence-corrected chi connectivity index (χ1v) is 9.72. The van der Waals surface area contributed by atoms with Crippen molar-refractivity contribution in [2.24, 2.45) is 0 Å². The third-order valence-corrected chi connectivity index (χ3v) is 6.05. The van der Waals surface area contributed by atoms with Crippen LogP contribution in [0.5, 0.6) is 0 Å². The smallest absolute Gasteiger partial charge is 0.251 e. The lowest BCUT2D eigenvalue weighted by Crippen LogP contribution is -2.42. The molecule has 3 atom stereocenters. The number of carbonyl (C=O) groups excluding carboxylic acids is 2. The van der Waals surface area contributed by atoms with E-state index < -0.39 is 0 Å². The fourth-order valence-electron chi connectivity index (χ4n) is 3.69. The molecule has 1 amide bonds. The maximum atomic E-state index is 12.5. The lowest BCUT2D eigenvalue weighted by molar-refractivity contribution is 0.0930. The predicted molar refractivity (Wildman–Crippen MR) is 101 cm³/mol. The van der Waals surface area contributed by atoms with Crippen LogP contribution in [0.15, 0.2) is 52.4 Å². The van der Waals surface area contributed by atoms with Crippen molar-refractivity contribution in [2.75, 3.05) is 0 Å². The Kier molecular flexibility index (Phi) is 4.78. The molecule has 4 rings (SSSR count). The van der Waals surface area contributed by atoms with E-state index in [1.54, 1.807) is 24.0 Å². The maximum Gasteiger partial charge on any atom is 0.251 e. The summed E-state index contributed by atoms with van der Waals surface area (Å²) in [6, 6.07) is 12.5. The summed E-state index contributed by atoms with van der Waals surface area (Å²) in [5, 5.41) is 6.70. The molecule has 0 saturated carbocycles. The second kappa shape index (κ2) is 7.21. The molecule has 1 aromatic carbocycles. The molecular formula is C20H21N3O2S. The summed E-state index contributed by atoms with van der Waals surface area (Å²) in [5.74, 6) is -0.0454. The SMILES string of the molecule is CC(=O)c1ccc(Sc2ccc(C(=O)NC3CC4CCC3N4)cc2)cn1.